The third kappa shape index (κ3) is 6.42. The first-order valence-electron chi connectivity index (χ1n) is 5.98. The summed E-state index contributed by atoms with van der Waals surface area (Å²) in [5.41, 5.74) is 2.04. The summed E-state index contributed by atoms with van der Waals surface area (Å²) in [5.74, 6) is 0.503. The van der Waals surface area contributed by atoms with Gasteiger partial charge >= 0.3 is 0 Å². The van der Waals surface area contributed by atoms with Crippen LogP contribution in [-0.2, 0) is 25.4 Å². The Morgan fingerprint density at radius 2 is 1.83 bits per heavy atom. The van der Waals surface area contributed by atoms with Crippen LogP contribution >= 0.6 is 0 Å². The Bertz CT molecular complexity index is 437. The lowest BCUT2D eigenvalue weighted by Gasteiger charge is -2.16. The van der Waals surface area contributed by atoms with Gasteiger partial charge in [0.1, 0.15) is 0 Å². The second-order valence-corrected chi connectivity index (χ2v) is 14.6. The summed E-state index contributed by atoms with van der Waals surface area (Å²) in [7, 11) is -1.37. The topological polar surface area (TPSA) is 29.1 Å². The number of nitrogens with one attached hydrogen (secondary N) is 1. The summed E-state index contributed by atoms with van der Waals surface area (Å²) in [4.78, 5) is 11.8. The molecule has 5 heteroatoms. The predicted molar refractivity (Wildman–Crippen MR) is 87.6 cm³/mol. The Kier molecular flexibility index (Phi) is 5.69. The van der Waals surface area contributed by atoms with E-state index in [9.17, 15) is 4.79 Å². The number of rotatable bonds is 5. The standard InChI is InChI=1S/C13H21NOS2Si/c1-11-5-7-12(8-6-11)14-13(15)9-17(16)10-18(2,3)4/h5-8H,9-10H2,1-4H3,(H,14,15). The molecule has 0 aliphatic carbocycles. The van der Waals surface area contributed by atoms with E-state index in [2.05, 4.69) is 25.0 Å². The lowest BCUT2D eigenvalue weighted by molar-refractivity contribution is -0.113. The molecule has 1 amide bonds. The smallest absolute Gasteiger partial charge is 0.234 e. The minimum absolute atomic E-state index is 0.0374. The number of hydrogen-bond acceptors (Lipinski definition) is 2. The van der Waals surface area contributed by atoms with Crippen molar-refractivity contribution >= 4 is 40.3 Å². The highest BCUT2D eigenvalue weighted by atomic mass is 32.8. The molecule has 0 spiro atoms. The van der Waals surface area contributed by atoms with E-state index in [-0.39, 0.29) is 15.4 Å². The van der Waals surface area contributed by atoms with Crippen molar-refractivity contribution in [1.29, 1.82) is 0 Å². The summed E-state index contributed by atoms with van der Waals surface area (Å²) >= 11 is 5.40. The average molecular weight is 300 g/mol. The normalized spacial score (nSPS) is 13.1. The SMILES string of the molecule is Cc1ccc(NC(=O)CS(=S)C[Si](C)(C)C)cc1. The monoisotopic (exact) mass is 299 g/mol. The van der Waals surface area contributed by atoms with Gasteiger partial charge in [-0.05, 0) is 24.4 Å². The van der Waals surface area contributed by atoms with Crippen LogP contribution in [0.25, 0.3) is 0 Å². The highest BCUT2D eigenvalue weighted by Gasteiger charge is 2.16. The number of amides is 1. The summed E-state index contributed by atoms with van der Waals surface area (Å²) in [5, 5.41) is 3.95. The minimum Gasteiger partial charge on any atom is -0.325 e. The molecule has 100 valence electrons. The van der Waals surface area contributed by atoms with Gasteiger partial charge in [-0.1, -0.05) is 48.5 Å². The molecule has 0 fully saturated rings. The van der Waals surface area contributed by atoms with Gasteiger partial charge in [0.25, 0.3) is 0 Å². The quantitative estimate of drug-likeness (QED) is 0.847. The molecule has 1 unspecified atom stereocenters. The molecule has 0 bridgehead atoms. The summed E-state index contributed by atoms with van der Waals surface area (Å²) in [6.45, 7) is 8.89. The highest BCUT2D eigenvalue weighted by molar-refractivity contribution is 8.29. The molecule has 0 aliphatic rings. The van der Waals surface area contributed by atoms with Gasteiger partial charge in [-0.2, -0.15) is 0 Å². The van der Waals surface area contributed by atoms with Crippen LogP contribution in [0.2, 0.25) is 19.6 Å². The van der Waals surface area contributed by atoms with Crippen LogP contribution in [0.5, 0.6) is 0 Å². The fraction of sp³-hybridized carbons (Fsp3) is 0.462. The van der Waals surface area contributed by atoms with E-state index < -0.39 is 8.07 Å². The molecule has 1 atom stereocenters. The number of carbonyl (C=O) groups excluding carboxylic acids is 1. The lowest BCUT2D eigenvalue weighted by atomic mass is 10.2. The second-order valence-electron chi connectivity index (χ2n) is 5.70. The molecular formula is C13H21NOS2Si. The maximum atomic E-state index is 11.8. The van der Waals surface area contributed by atoms with Crippen LogP contribution in [-0.4, -0.2) is 25.1 Å². The fourth-order valence-electron chi connectivity index (χ4n) is 1.51. The van der Waals surface area contributed by atoms with Crippen molar-refractivity contribution in [2.45, 2.75) is 26.6 Å². The fourth-order valence-corrected chi connectivity index (χ4v) is 9.65. The largest absolute Gasteiger partial charge is 0.325 e. The first-order valence-corrected chi connectivity index (χ1v) is 12.2. The first-order chi connectivity index (χ1) is 8.26. The van der Waals surface area contributed by atoms with E-state index in [0.717, 1.165) is 11.1 Å². The van der Waals surface area contributed by atoms with Crippen LogP contribution < -0.4 is 5.32 Å². The van der Waals surface area contributed by atoms with Gasteiger partial charge in [0.2, 0.25) is 5.91 Å². The molecule has 0 heterocycles. The highest BCUT2D eigenvalue weighted by Crippen LogP contribution is 2.09. The van der Waals surface area contributed by atoms with Crippen LogP contribution in [0.3, 0.4) is 0 Å². The zero-order valence-corrected chi connectivity index (χ0v) is 14.1. The molecule has 1 N–H and O–H groups in total. The van der Waals surface area contributed by atoms with Gasteiger partial charge < -0.3 is 5.32 Å². The Labute approximate surface area is 118 Å². The van der Waals surface area contributed by atoms with Crippen molar-refractivity contribution in [3.63, 3.8) is 0 Å². The number of hydrogen-bond donors (Lipinski definition) is 1. The van der Waals surface area contributed by atoms with Gasteiger partial charge in [0.05, 0.1) is 13.8 Å². The number of aryl methyl sites for hydroxylation is 1. The Hall–Kier alpha value is -0.523. The third-order valence-electron chi connectivity index (χ3n) is 2.22. The van der Waals surface area contributed by atoms with Crippen LogP contribution in [0.1, 0.15) is 5.56 Å². The molecule has 0 aliphatic heterocycles. The van der Waals surface area contributed by atoms with Gasteiger partial charge in [-0.15, -0.1) is 9.45 Å². The Morgan fingerprint density at radius 3 is 2.33 bits per heavy atom. The molecule has 0 saturated carbocycles. The van der Waals surface area contributed by atoms with Crippen molar-refractivity contribution in [3.05, 3.63) is 29.8 Å². The van der Waals surface area contributed by atoms with E-state index in [0.29, 0.717) is 5.75 Å². The van der Waals surface area contributed by atoms with Gasteiger partial charge in [0, 0.05) is 5.69 Å². The van der Waals surface area contributed by atoms with Crippen LogP contribution in [0.15, 0.2) is 24.3 Å². The predicted octanol–water partition coefficient (Wildman–Crippen LogP) is 2.89. The molecule has 0 radical (unpaired) electrons. The van der Waals surface area contributed by atoms with Gasteiger partial charge in [0.15, 0.2) is 0 Å². The summed E-state index contributed by atoms with van der Waals surface area (Å²) < 4.78 is 0. The number of benzene rings is 1. The van der Waals surface area contributed by atoms with E-state index in [4.69, 9.17) is 11.2 Å². The van der Waals surface area contributed by atoms with E-state index in [1.54, 1.807) is 0 Å². The average Bonchev–Trinajstić information content (AvgIpc) is 2.18. The molecule has 1 rings (SSSR count). The maximum Gasteiger partial charge on any atom is 0.234 e. The van der Waals surface area contributed by atoms with E-state index >= 15 is 0 Å². The van der Waals surface area contributed by atoms with E-state index in [1.165, 1.54) is 5.56 Å². The number of anilines is 1. The van der Waals surface area contributed by atoms with Crippen molar-refractivity contribution in [2.24, 2.45) is 0 Å². The minimum atomic E-state index is -1.16. The zero-order chi connectivity index (χ0) is 13.8. The first kappa shape index (κ1) is 15.5. The zero-order valence-electron chi connectivity index (χ0n) is 11.4. The van der Waals surface area contributed by atoms with E-state index in [1.807, 2.05) is 31.2 Å². The Balaban J connectivity index is 2.47. The molecule has 18 heavy (non-hydrogen) atoms. The van der Waals surface area contributed by atoms with Crippen molar-refractivity contribution in [3.8, 4) is 0 Å². The molecule has 1 aromatic rings. The van der Waals surface area contributed by atoms with Crippen molar-refractivity contribution in [2.75, 3.05) is 16.4 Å². The van der Waals surface area contributed by atoms with Crippen molar-refractivity contribution < 1.29 is 4.79 Å². The number of carbonyl (C=O) groups is 1. The van der Waals surface area contributed by atoms with Crippen LogP contribution in [0, 0.1) is 6.92 Å². The molecule has 0 aromatic heterocycles. The lowest BCUT2D eigenvalue weighted by Crippen LogP contribution is -2.32. The van der Waals surface area contributed by atoms with Gasteiger partial charge in [-0.25, -0.2) is 0 Å². The summed E-state index contributed by atoms with van der Waals surface area (Å²) in [6, 6.07) is 7.83. The van der Waals surface area contributed by atoms with Crippen molar-refractivity contribution in [1.82, 2.24) is 0 Å². The molecular weight excluding hydrogens is 278 g/mol. The second kappa shape index (κ2) is 6.59. The summed E-state index contributed by atoms with van der Waals surface area (Å²) in [6.07, 6.45) is 0. The molecule has 1 aromatic carbocycles. The molecule has 2 nitrogen and oxygen atoms in total. The van der Waals surface area contributed by atoms with Gasteiger partial charge in [-0.3, -0.25) is 4.79 Å². The molecule has 0 saturated heterocycles. The van der Waals surface area contributed by atoms with Crippen LogP contribution in [0.4, 0.5) is 5.69 Å². The maximum absolute atomic E-state index is 11.8. The third-order valence-corrected chi connectivity index (χ3v) is 8.97. The Morgan fingerprint density at radius 1 is 1.28 bits per heavy atom.